The summed E-state index contributed by atoms with van der Waals surface area (Å²) < 4.78 is 6.07. The third-order valence-electron chi connectivity index (χ3n) is 5.12. The molecule has 3 rings (SSSR count). The van der Waals surface area contributed by atoms with Gasteiger partial charge in [0.25, 0.3) is 0 Å². The van der Waals surface area contributed by atoms with E-state index < -0.39 is 0 Å². The van der Waals surface area contributed by atoms with E-state index in [2.05, 4.69) is 31.2 Å². The lowest BCUT2D eigenvalue weighted by atomic mass is 9.80. The first-order valence-corrected chi connectivity index (χ1v) is 8.04. The summed E-state index contributed by atoms with van der Waals surface area (Å²) in [6.45, 7) is 2.94. The molecule has 2 aliphatic rings. The van der Waals surface area contributed by atoms with E-state index in [-0.39, 0.29) is 11.7 Å². The van der Waals surface area contributed by atoms with Crippen LogP contribution in [0, 0.1) is 12.8 Å². The van der Waals surface area contributed by atoms with Gasteiger partial charge in [-0.15, -0.1) is 0 Å². The zero-order chi connectivity index (χ0) is 14.0. The highest BCUT2D eigenvalue weighted by Gasteiger charge is 2.41. The Labute approximate surface area is 122 Å². The lowest BCUT2D eigenvalue weighted by Crippen LogP contribution is -2.41. The second-order valence-electron chi connectivity index (χ2n) is 6.75. The molecule has 0 radical (unpaired) electrons. The lowest BCUT2D eigenvalue weighted by molar-refractivity contribution is -0.112. The minimum atomic E-state index is -0.224. The summed E-state index contributed by atoms with van der Waals surface area (Å²) in [5, 5.41) is 10.6. The number of aliphatic hydroxyl groups is 1. The average Bonchev–Trinajstić information content (AvgIpc) is 2.87. The van der Waals surface area contributed by atoms with Crippen molar-refractivity contribution in [3.8, 4) is 0 Å². The van der Waals surface area contributed by atoms with Gasteiger partial charge in [-0.05, 0) is 50.5 Å². The predicted molar refractivity (Wildman–Crippen MR) is 80.8 cm³/mol. The van der Waals surface area contributed by atoms with Gasteiger partial charge in [-0.3, -0.25) is 0 Å². The first-order chi connectivity index (χ1) is 9.67. The smallest absolute Gasteiger partial charge is 0.0686 e. The van der Waals surface area contributed by atoms with Gasteiger partial charge in [0, 0.05) is 6.61 Å². The van der Waals surface area contributed by atoms with Crippen molar-refractivity contribution in [3.63, 3.8) is 0 Å². The zero-order valence-corrected chi connectivity index (χ0v) is 12.5. The number of hydrogen-bond acceptors (Lipinski definition) is 2. The molecule has 1 N–H and O–H groups in total. The van der Waals surface area contributed by atoms with Crippen LogP contribution in [0.5, 0.6) is 0 Å². The van der Waals surface area contributed by atoms with E-state index in [9.17, 15) is 5.11 Å². The number of hydrogen-bond donors (Lipinski definition) is 1. The largest absolute Gasteiger partial charge is 0.392 e. The molecule has 2 atom stereocenters. The van der Waals surface area contributed by atoms with Gasteiger partial charge in [-0.1, -0.05) is 42.7 Å². The molecule has 1 spiro atoms. The van der Waals surface area contributed by atoms with Gasteiger partial charge in [-0.25, -0.2) is 0 Å². The fourth-order valence-electron chi connectivity index (χ4n) is 4.01. The van der Waals surface area contributed by atoms with Crippen molar-refractivity contribution in [2.75, 3.05) is 6.61 Å². The number of ether oxygens (including phenoxy) is 1. The van der Waals surface area contributed by atoms with Crippen LogP contribution in [-0.4, -0.2) is 23.4 Å². The van der Waals surface area contributed by atoms with Crippen LogP contribution in [0.25, 0.3) is 0 Å². The highest BCUT2D eigenvalue weighted by atomic mass is 16.5. The SMILES string of the molecule is Cc1cccc(CC(O)C2CCOC3(CCCC3)C2)c1. The van der Waals surface area contributed by atoms with Gasteiger partial charge in [0.2, 0.25) is 0 Å². The Morgan fingerprint density at radius 1 is 1.35 bits per heavy atom. The van der Waals surface area contributed by atoms with Crippen LogP contribution >= 0.6 is 0 Å². The molecule has 0 amide bonds. The van der Waals surface area contributed by atoms with Crippen LogP contribution in [0.1, 0.15) is 49.7 Å². The summed E-state index contributed by atoms with van der Waals surface area (Å²) in [6.07, 6.45) is 7.60. The molecule has 2 fully saturated rings. The van der Waals surface area contributed by atoms with Crippen molar-refractivity contribution in [1.82, 2.24) is 0 Å². The summed E-state index contributed by atoms with van der Waals surface area (Å²) in [7, 11) is 0. The molecule has 1 heterocycles. The summed E-state index contributed by atoms with van der Waals surface area (Å²) in [5.74, 6) is 0.405. The van der Waals surface area contributed by atoms with Gasteiger partial charge >= 0.3 is 0 Å². The molecule has 20 heavy (non-hydrogen) atoms. The van der Waals surface area contributed by atoms with Crippen LogP contribution in [0.3, 0.4) is 0 Å². The Kier molecular flexibility index (Phi) is 4.13. The summed E-state index contributed by atoms with van der Waals surface area (Å²) in [5.41, 5.74) is 2.63. The van der Waals surface area contributed by atoms with Crippen LogP contribution < -0.4 is 0 Å². The minimum Gasteiger partial charge on any atom is -0.392 e. The molecule has 1 saturated heterocycles. The molecule has 2 nitrogen and oxygen atoms in total. The molecule has 1 aliphatic carbocycles. The Morgan fingerprint density at radius 2 is 2.15 bits per heavy atom. The second kappa shape index (κ2) is 5.87. The molecule has 110 valence electrons. The molecule has 2 unspecified atom stereocenters. The van der Waals surface area contributed by atoms with Crippen molar-refractivity contribution >= 4 is 0 Å². The van der Waals surface area contributed by atoms with Crippen molar-refractivity contribution in [3.05, 3.63) is 35.4 Å². The van der Waals surface area contributed by atoms with Crippen LogP contribution in [0.15, 0.2) is 24.3 Å². The van der Waals surface area contributed by atoms with E-state index in [0.29, 0.717) is 5.92 Å². The summed E-state index contributed by atoms with van der Waals surface area (Å²) in [4.78, 5) is 0. The molecule has 0 bridgehead atoms. The first-order valence-electron chi connectivity index (χ1n) is 8.04. The highest BCUT2D eigenvalue weighted by molar-refractivity contribution is 5.22. The van der Waals surface area contributed by atoms with Crippen LogP contribution in [0.2, 0.25) is 0 Å². The van der Waals surface area contributed by atoms with E-state index in [1.165, 1.54) is 36.8 Å². The first kappa shape index (κ1) is 14.1. The normalized spacial score (nSPS) is 26.8. The average molecular weight is 274 g/mol. The third-order valence-corrected chi connectivity index (χ3v) is 5.12. The molecular formula is C18H26O2. The van der Waals surface area contributed by atoms with Crippen LogP contribution in [-0.2, 0) is 11.2 Å². The molecule has 0 aromatic heterocycles. The summed E-state index contributed by atoms with van der Waals surface area (Å²) in [6, 6.07) is 8.51. The van der Waals surface area contributed by atoms with Crippen molar-refractivity contribution < 1.29 is 9.84 Å². The van der Waals surface area contributed by atoms with E-state index in [1.807, 2.05) is 0 Å². The van der Waals surface area contributed by atoms with Gasteiger partial charge < -0.3 is 9.84 Å². The maximum Gasteiger partial charge on any atom is 0.0686 e. The molecule has 1 aromatic rings. The van der Waals surface area contributed by atoms with Gasteiger partial charge in [0.1, 0.15) is 0 Å². The quantitative estimate of drug-likeness (QED) is 0.912. The predicted octanol–water partition coefficient (Wildman–Crippen LogP) is 3.64. The second-order valence-corrected chi connectivity index (χ2v) is 6.75. The van der Waals surface area contributed by atoms with Crippen molar-refractivity contribution in [1.29, 1.82) is 0 Å². The topological polar surface area (TPSA) is 29.5 Å². The Bertz CT molecular complexity index is 448. The number of aryl methyl sites for hydroxylation is 1. The molecule has 1 aromatic carbocycles. The van der Waals surface area contributed by atoms with Gasteiger partial charge in [0.05, 0.1) is 11.7 Å². The molecular weight excluding hydrogens is 248 g/mol. The maximum atomic E-state index is 10.6. The van der Waals surface area contributed by atoms with Crippen LogP contribution in [0.4, 0.5) is 0 Å². The number of benzene rings is 1. The van der Waals surface area contributed by atoms with E-state index in [1.54, 1.807) is 0 Å². The minimum absolute atomic E-state index is 0.108. The standard InChI is InChI=1S/C18H26O2/c1-14-5-4-6-15(11-14)12-17(19)16-7-10-20-18(13-16)8-2-3-9-18/h4-6,11,16-17,19H,2-3,7-10,12-13H2,1H3. The summed E-state index contributed by atoms with van der Waals surface area (Å²) >= 11 is 0. The zero-order valence-electron chi connectivity index (χ0n) is 12.5. The maximum absolute atomic E-state index is 10.6. The van der Waals surface area contributed by atoms with E-state index >= 15 is 0 Å². The monoisotopic (exact) mass is 274 g/mol. The molecule has 1 aliphatic heterocycles. The Balaban J connectivity index is 1.63. The number of aliphatic hydroxyl groups excluding tert-OH is 1. The van der Waals surface area contributed by atoms with Gasteiger partial charge in [0.15, 0.2) is 0 Å². The molecule has 1 saturated carbocycles. The highest BCUT2D eigenvalue weighted by Crippen LogP contribution is 2.43. The third kappa shape index (κ3) is 3.07. The number of rotatable bonds is 3. The van der Waals surface area contributed by atoms with E-state index in [0.717, 1.165) is 25.9 Å². The lowest BCUT2D eigenvalue weighted by Gasteiger charge is -2.40. The van der Waals surface area contributed by atoms with Crippen molar-refractivity contribution in [2.45, 2.75) is 63.6 Å². The fourth-order valence-corrected chi connectivity index (χ4v) is 4.01. The Morgan fingerprint density at radius 3 is 2.90 bits per heavy atom. The van der Waals surface area contributed by atoms with Gasteiger partial charge in [-0.2, -0.15) is 0 Å². The fraction of sp³-hybridized carbons (Fsp3) is 0.667. The molecule has 2 heteroatoms. The van der Waals surface area contributed by atoms with E-state index in [4.69, 9.17) is 4.74 Å². The Hall–Kier alpha value is -0.860. The van der Waals surface area contributed by atoms with Crippen molar-refractivity contribution in [2.24, 2.45) is 5.92 Å².